The van der Waals surface area contributed by atoms with Crippen molar-refractivity contribution < 1.29 is 84.6 Å². The Morgan fingerprint density at radius 1 is 0.688 bits per heavy atom. The van der Waals surface area contributed by atoms with E-state index in [0.29, 0.717) is 12.8 Å². The van der Waals surface area contributed by atoms with Gasteiger partial charge in [-0.05, 0) is 91.9 Å². The lowest BCUT2D eigenvalue weighted by Gasteiger charge is -2.70. The quantitative estimate of drug-likeness (QED) is 0.137. The van der Waals surface area contributed by atoms with Crippen molar-refractivity contribution in [3.63, 3.8) is 0 Å². The predicted molar refractivity (Wildman–Crippen MR) is 225 cm³/mol. The summed E-state index contributed by atoms with van der Waals surface area (Å²) in [5.41, 5.74) is 0.174. The summed E-state index contributed by atoms with van der Waals surface area (Å²) in [6, 6.07) is 0. The molecule has 366 valence electrons. The van der Waals surface area contributed by atoms with E-state index in [2.05, 4.69) is 46.8 Å². The van der Waals surface area contributed by atoms with Gasteiger partial charge in [-0.2, -0.15) is 0 Å². The van der Waals surface area contributed by atoms with Crippen LogP contribution in [0.3, 0.4) is 0 Å². The lowest BCUT2D eigenvalue weighted by atomic mass is 9.35. The third-order valence-corrected chi connectivity index (χ3v) is 18.6. The summed E-state index contributed by atoms with van der Waals surface area (Å²) in [6.45, 7) is 13.7. The maximum atomic E-state index is 12.1. The second-order valence-corrected chi connectivity index (χ2v) is 22.6. The molecule has 3 saturated carbocycles. The Morgan fingerprint density at radius 2 is 1.39 bits per heavy atom. The summed E-state index contributed by atoms with van der Waals surface area (Å²) >= 11 is 0. The summed E-state index contributed by atoms with van der Waals surface area (Å²) in [6.07, 6.45) is -12.5. The first-order chi connectivity index (χ1) is 30.0. The molecule has 11 N–H and O–H groups in total. The van der Waals surface area contributed by atoms with E-state index in [0.717, 1.165) is 38.5 Å². The van der Waals surface area contributed by atoms with Crippen LogP contribution >= 0.6 is 0 Å². The van der Waals surface area contributed by atoms with Gasteiger partial charge in [-0.1, -0.05) is 59.3 Å². The first-order valence-corrected chi connectivity index (χ1v) is 23.6. The number of fused-ring (bicyclic) bond motifs is 6. The van der Waals surface area contributed by atoms with Crippen LogP contribution in [0.4, 0.5) is 0 Å². The number of allylic oxidation sites excluding steroid dienone is 3. The number of ether oxygens (including phenoxy) is 6. The van der Waals surface area contributed by atoms with E-state index in [1.54, 1.807) is 6.92 Å². The maximum absolute atomic E-state index is 12.1. The van der Waals surface area contributed by atoms with Crippen molar-refractivity contribution in [2.45, 2.75) is 198 Å². The number of aliphatic hydroxyl groups excluding tert-OH is 11. The largest absolute Gasteiger partial charge is 0.396 e. The third kappa shape index (κ3) is 7.45. The Morgan fingerprint density at radius 3 is 2.06 bits per heavy atom. The van der Waals surface area contributed by atoms with Crippen molar-refractivity contribution in [2.75, 3.05) is 26.4 Å². The van der Waals surface area contributed by atoms with Gasteiger partial charge in [0.05, 0.1) is 44.7 Å². The zero-order chi connectivity index (χ0) is 46.7. The first kappa shape index (κ1) is 49.2. The molecule has 23 atom stereocenters. The Labute approximate surface area is 376 Å². The van der Waals surface area contributed by atoms with Gasteiger partial charge in [-0.15, -0.1) is 0 Å². The van der Waals surface area contributed by atoms with E-state index in [-0.39, 0.29) is 46.7 Å². The Kier molecular flexibility index (Phi) is 13.3. The van der Waals surface area contributed by atoms with Gasteiger partial charge in [-0.25, -0.2) is 0 Å². The molecule has 5 aliphatic carbocycles. The molecule has 8 aliphatic rings. The lowest BCUT2D eigenvalue weighted by Crippen LogP contribution is -2.67. The Balaban J connectivity index is 1.04. The maximum Gasteiger partial charge on any atom is 0.187 e. The number of aliphatic hydroxyl groups is 11. The summed E-state index contributed by atoms with van der Waals surface area (Å²) < 4.78 is 36.0. The van der Waals surface area contributed by atoms with Gasteiger partial charge in [0, 0.05) is 16.2 Å². The third-order valence-electron chi connectivity index (χ3n) is 18.6. The number of hydrogen-bond acceptors (Lipinski definition) is 17. The first-order valence-electron chi connectivity index (χ1n) is 23.6. The molecule has 0 bridgehead atoms. The zero-order valence-corrected chi connectivity index (χ0v) is 38.4. The van der Waals surface area contributed by atoms with Crippen molar-refractivity contribution in [1.82, 2.24) is 0 Å². The average molecular weight is 913 g/mol. The van der Waals surface area contributed by atoms with E-state index in [9.17, 15) is 56.2 Å². The Bertz CT molecular complexity index is 1760. The zero-order valence-electron chi connectivity index (χ0n) is 38.4. The fourth-order valence-corrected chi connectivity index (χ4v) is 14.2. The molecule has 3 saturated heterocycles. The minimum absolute atomic E-state index is 0.0346. The van der Waals surface area contributed by atoms with Gasteiger partial charge in [0.15, 0.2) is 18.9 Å². The molecule has 0 spiro atoms. The summed E-state index contributed by atoms with van der Waals surface area (Å²) in [5.74, 6) is 0.0538. The van der Waals surface area contributed by atoms with Gasteiger partial charge in [0.25, 0.3) is 0 Å². The second kappa shape index (κ2) is 17.3. The summed E-state index contributed by atoms with van der Waals surface area (Å²) in [7, 11) is 0. The molecule has 0 radical (unpaired) electrons. The molecular formula is C47H76O17. The van der Waals surface area contributed by atoms with Crippen LogP contribution in [0, 0.1) is 44.3 Å². The summed E-state index contributed by atoms with van der Waals surface area (Å²) in [5, 5.41) is 120. The molecule has 64 heavy (non-hydrogen) atoms. The van der Waals surface area contributed by atoms with Gasteiger partial charge in [0.2, 0.25) is 0 Å². The van der Waals surface area contributed by atoms with Crippen molar-refractivity contribution >= 4 is 0 Å². The molecule has 0 aromatic heterocycles. The standard InChI is InChI=1S/C47H76O17/c1-22-31(53)37(63-41-38(34(56)33(55)26(18-48)61-41)64-39-35(57)32(54)25(51)19-59-39)36(58)40(60-22)62-30-11-12-43(4)27(44(30,5)20-49)10-13-45(6)28(43)9-8-23-24-16-42(2,3)14-15-47(24,21-50)29(52)17-46(23,45)7/h8-9,22,25-41,48-58H,10-21H2,1-7H3/t22-,25-,26-,27+,28+,29-,30-,31-,32+,33-,34+,35-,36-,37+,38-,39+,40+,41+,43+,44-,45+,46+,47-/m0/s1. The molecule has 17 nitrogen and oxygen atoms in total. The average Bonchev–Trinajstić information content (AvgIpc) is 3.24. The van der Waals surface area contributed by atoms with E-state index in [1.807, 2.05) is 6.92 Å². The van der Waals surface area contributed by atoms with E-state index < -0.39 is 122 Å². The van der Waals surface area contributed by atoms with Crippen LogP contribution in [0.15, 0.2) is 23.3 Å². The molecule has 8 rings (SSSR count). The van der Waals surface area contributed by atoms with Crippen LogP contribution < -0.4 is 0 Å². The van der Waals surface area contributed by atoms with Crippen LogP contribution in [0.5, 0.6) is 0 Å². The highest BCUT2D eigenvalue weighted by Gasteiger charge is 2.69. The highest BCUT2D eigenvalue weighted by molar-refractivity contribution is 5.47. The highest BCUT2D eigenvalue weighted by atomic mass is 16.8. The normalized spacial score (nSPS) is 55.0. The minimum Gasteiger partial charge on any atom is -0.396 e. The molecule has 3 heterocycles. The summed E-state index contributed by atoms with van der Waals surface area (Å²) in [4.78, 5) is 0. The number of rotatable bonds is 9. The fraction of sp³-hybridized carbons (Fsp3) is 0.915. The topological polar surface area (TPSA) is 278 Å². The van der Waals surface area contributed by atoms with E-state index in [1.165, 1.54) is 11.1 Å². The molecule has 0 unspecified atom stereocenters. The van der Waals surface area contributed by atoms with Crippen LogP contribution in [0.25, 0.3) is 0 Å². The predicted octanol–water partition coefficient (Wildman–Crippen LogP) is 0.144. The van der Waals surface area contributed by atoms with Gasteiger partial charge in [0.1, 0.15) is 61.0 Å². The molecule has 6 fully saturated rings. The fourth-order valence-electron chi connectivity index (χ4n) is 14.2. The molecule has 0 aromatic rings. The van der Waals surface area contributed by atoms with Crippen molar-refractivity contribution in [1.29, 1.82) is 0 Å². The SMILES string of the molecule is C[C@@H]1O[C@H](O[C@H]2CC[C@]3(C)[C@@H](CC[C@]4(C)[C@@H]3C=CC3=C5CC(C)(C)CC[C@@]5(CO)[C@@H](O)C[C@]34C)[C@]2(C)CO)[C@@H](O)[C@H](O[C@H]2O[C@@H](CO)[C@H](O)[C@@H](O)[C@@H]2O[C@H]2OC[C@H](O)[C@@H](O)[C@@H]2O)[C@H]1O. The van der Waals surface area contributed by atoms with E-state index in [4.69, 9.17) is 28.4 Å². The van der Waals surface area contributed by atoms with Crippen LogP contribution in [-0.2, 0) is 28.4 Å². The molecular weight excluding hydrogens is 837 g/mol. The van der Waals surface area contributed by atoms with Gasteiger partial charge < -0.3 is 84.6 Å². The van der Waals surface area contributed by atoms with E-state index >= 15 is 0 Å². The van der Waals surface area contributed by atoms with Crippen LogP contribution in [0.2, 0.25) is 0 Å². The lowest BCUT2D eigenvalue weighted by molar-refractivity contribution is -0.386. The smallest absolute Gasteiger partial charge is 0.187 e. The van der Waals surface area contributed by atoms with Crippen molar-refractivity contribution in [3.05, 3.63) is 23.3 Å². The Hall–Kier alpha value is -1.20. The van der Waals surface area contributed by atoms with Crippen molar-refractivity contribution in [2.24, 2.45) is 44.3 Å². The van der Waals surface area contributed by atoms with Crippen LogP contribution in [0.1, 0.15) is 99.8 Å². The van der Waals surface area contributed by atoms with Gasteiger partial charge in [-0.3, -0.25) is 0 Å². The molecule has 3 aliphatic heterocycles. The highest BCUT2D eigenvalue weighted by Crippen LogP contribution is 2.74. The molecule has 0 aromatic carbocycles. The minimum atomic E-state index is -1.81. The molecule has 0 amide bonds. The van der Waals surface area contributed by atoms with Gasteiger partial charge >= 0.3 is 0 Å². The van der Waals surface area contributed by atoms with Crippen LogP contribution in [-0.4, -0.2) is 181 Å². The second-order valence-electron chi connectivity index (χ2n) is 22.6. The monoisotopic (exact) mass is 913 g/mol. The number of hydrogen-bond donors (Lipinski definition) is 11. The molecule has 17 heteroatoms. The van der Waals surface area contributed by atoms with Crippen molar-refractivity contribution in [3.8, 4) is 0 Å².